The number of hydrogen-bond acceptors (Lipinski definition) is 7. The third-order valence-corrected chi connectivity index (χ3v) is 4.47. The lowest BCUT2D eigenvalue weighted by Gasteiger charge is -2.12. The molecule has 1 aromatic carbocycles. The van der Waals surface area contributed by atoms with Gasteiger partial charge < -0.3 is 10.8 Å². The minimum Gasteiger partial charge on any atom is -0.494 e. The van der Waals surface area contributed by atoms with Crippen molar-refractivity contribution in [2.75, 3.05) is 0 Å². The van der Waals surface area contributed by atoms with Gasteiger partial charge in [0.2, 0.25) is 5.88 Å². The minimum absolute atomic E-state index is 0.0953. The Labute approximate surface area is 154 Å². The van der Waals surface area contributed by atoms with E-state index in [-0.39, 0.29) is 23.4 Å². The maximum absolute atomic E-state index is 12.5. The summed E-state index contributed by atoms with van der Waals surface area (Å²) < 4.78 is 31.5. The van der Waals surface area contributed by atoms with Gasteiger partial charge in [0.05, 0.1) is 5.69 Å². The van der Waals surface area contributed by atoms with Gasteiger partial charge in [0.1, 0.15) is 11.3 Å². The first-order valence-corrected chi connectivity index (χ1v) is 9.38. The number of rotatable bonds is 6. The maximum atomic E-state index is 12.5. The van der Waals surface area contributed by atoms with Gasteiger partial charge in [-0.05, 0) is 31.5 Å². The highest BCUT2D eigenvalue weighted by molar-refractivity contribution is 7.85. The van der Waals surface area contributed by atoms with E-state index in [0.29, 0.717) is 11.3 Å². The second-order valence-electron chi connectivity index (χ2n) is 5.68. The molecule has 1 amide bonds. The van der Waals surface area contributed by atoms with E-state index in [1.54, 1.807) is 6.92 Å². The van der Waals surface area contributed by atoms with Crippen LogP contribution < -0.4 is 11.3 Å². The van der Waals surface area contributed by atoms with Crippen molar-refractivity contribution in [3.05, 3.63) is 51.3 Å². The van der Waals surface area contributed by atoms with Crippen LogP contribution in [0.2, 0.25) is 0 Å². The molecule has 10 nitrogen and oxygen atoms in total. The summed E-state index contributed by atoms with van der Waals surface area (Å²) in [6.45, 7) is 3.12. The summed E-state index contributed by atoms with van der Waals surface area (Å²) in [5.74, 6) is -1.97. The number of azo groups is 1. The minimum atomic E-state index is -4.15. The fourth-order valence-corrected chi connectivity index (χ4v) is 3.10. The second kappa shape index (κ2) is 7.68. The maximum Gasteiger partial charge on any atom is 0.281 e. The zero-order valence-electron chi connectivity index (χ0n) is 14.6. The zero-order chi connectivity index (χ0) is 20.4. The summed E-state index contributed by atoms with van der Waals surface area (Å²) in [5.41, 5.74) is 5.04. The Morgan fingerprint density at radius 1 is 1.22 bits per heavy atom. The van der Waals surface area contributed by atoms with Gasteiger partial charge in [0.25, 0.3) is 21.6 Å². The van der Waals surface area contributed by atoms with Crippen LogP contribution in [0.15, 0.2) is 39.3 Å². The van der Waals surface area contributed by atoms with E-state index in [1.807, 2.05) is 0 Å². The normalized spacial score (nSPS) is 11.8. The molecule has 0 bridgehead atoms. The smallest absolute Gasteiger partial charge is 0.281 e. The number of benzene rings is 1. The van der Waals surface area contributed by atoms with Crippen molar-refractivity contribution < 1.29 is 22.9 Å². The van der Waals surface area contributed by atoms with E-state index >= 15 is 0 Å². The van der Waals surface area contributed by atoms with Crippen molar-refractivity contribution in [3.63, 3.8) is 0 Å². The lowest BCUT2D eigenvalue weighted by molar-refractivity contribution is 0.0995. The van der Waals surface area contributed by atoms with E-state index in [1.165, 1.54) is 31.2 Å². The van der Waals surface area contributed by atoms with Crippen LogP contribution in [0.25, 0.3) is 0 Å². The van der Waals surface area contributed by atoms with Gasteiger partial charge in [0.15, 0.2) is 5.69 Å². The molecule has 4 N–H and O–H groups in total. The van der Waals surface area contributed by atoms with Crippen LogP contribution in [-0.2, 0) is 22.4 Å². The largest absolute Gasteiger partial charge is 0.494 e. The molecule has 0 atom stereocenters. The quantitative estimate of drug-likeness (QED) is 0.499. The van der Waals surface area contributed by atoms with E-state index in [9.17, 15) is 23.1 Å². The van der Waals surface area contributed by atoms with Crippen LogP contribution in [0, 0.1) is 6.92 Å². The SMILES string of the molecule is CCn1c(O)c(C(N)=O)c(C)c(N=Nc2ccc(CS(=O)(=O)O)cc2)c1=O. The number of carbonyl (C=O) groups excluding carboxylic acids is 1. The first-order valence-electron chi connectivity index (χ1n) is 7.77. The van der Waals surface area contributed by atoms with Crippen LogP contribution in [0.3, 0.4) is 0 Å². The number of aromatic hydroxyl groups is 1. The van der Waals surface area contributed by atoms with E-state index < -0.39 is 33.2 Å². The number of hydrogen-bond donors (Lipinski definition) is 3. The van der Waals surface area contributed by atoms with E-state index in [0.717, 1.165) is 4.57 Å². The molecular weight excluding hydrogens is 376 g/mol. The summed E-state index contributed by atoms with van der Waals surface area (Å²) in [4.78, 5) is 24.1. The first kappa shape index (κ1) is 20.3. The van der Waals surface area contributed by atoms with Gasteiger partial charge in [-0.15, -0.1) is 5.11 Å². The first-order chi connectivity index (χ1) is 12.5. The number of primary amides is 1. The number of carbonyl (C=O) groups is 1. The standard InChI is InChI=1S/C16H18N4O6S/c1-3-20-15(22)12(14(17)21)9(2)13(16(20)23)19-18-11-6-4-10(5-7-11)8-27(24,25)26/h4-7,22H,3,8H2,1-2H3,(H2,17,21)(H,24,25,26). The topological polar surface area (TPSA) is 164 Å². The average molecular weight is 394 g/mol. The molecule has 11 heteroatoms. The average Bonchev–Trinajstić information content (AvgIpc) is 2.54. The van der Waals surface area contributed by atoms with Crippen molar-refractivity contribution in [2.24, 2.45) is 16.0 Å². The highest BCUT2D eigenvalue weighted by Gasteiger charge is 2.21. The Hall–Kier alpha value is -3.05. The van der Waals surface area contributed by atoms with Gasteiger partial charge in [-0.3, -0.25) is 18.7 Å². The highest BCUT2D eigenvalue weighted by atomic mass is 32.2. The van der Waals surface area contributed by atoms with Crippen LogP contribution in [0.4, 0.5) is 11.4 Å². The molecule has 2 aromatic rings. The van der Waals surface area contributed by atoms with E-state index in [2.05, 4.69) is 10.2 Å². The molecule has 0 spiro atoms. The fraction of sp³-hybridized carbons (Fsp3) is 0.250. The lowest BCUT2D eigenvalue weighted by atomic mass is 10.1. The molecule has 0 unspecified atom stereocenters. The molecule has 144 valence electrons. The summed E-state index contributed by atoms with van der Waals surface area (Å²) in [6, 6.07) is 5.77. The third-order valence-electron chi connectivity index (χ3n) is 3.77. The van der Waals surface area contributed by atoms with Crippen LogP contribution in [-0.4, -0.2) is 28.6 Å². The summed E-state index contributed by atoms with van der Waals surface area (Å²) in [7, 11) is -4.15. The Bertz CT molecular complexity index is 1070. The number of pyridine rings is 1. The van der Waals surface area contributed by atoms with Gasteiger partial charge in [-0.25, -0.2) is 0 Å². The Balaban J connectivity index is 2.46. The van der Waals surface area contributed by atoms with Crippen LogP contribution in [0.5, 0.6) is 5.88 Å². The summed E-state index contributed by atoms with van der Waals surface area (Å²) in [6.07, 6.45) is 0. The van der Waals surface area contributed by atoms with Gasteiger partial charge >= 0.3 is 0 Å². The molecule has 1 heterocycles. The number of amides is 1. The number of nitrogens with zero attached hydrogens (tertiary/aromatic N) is 3. The van der Waals surface area contributed by atoms with Crippen LogP contribution >= 0.6 is 0 Å². The number of aromatic nitrogens is 1. The molecular formula is C16H18N4O6S. The zero-order valence-corrected chi connectivity index (χ0v) is 15.4. The van der Waals surface area contributed by atoms with Crippen molar-refractivity contribution >= 4 is 27.4 Å². The second-order valence-corrected chi connectivity index (χ2v) is 7.13. The predicted molar refractivity (Wildman–Crippen MR) is 97.2 cm³/mol. The van der Waals surface area contributed by atoms with Crippen LogP contribution in [0.1, 0.15) is 28.4 Å². The van der Waals surface area contributed by atoms with Crippen molar-refractivity contribution in [1.29, 1.82) is 0 Å². The molecule has 27 heavy (non-hydrogen) atoms. The highest BCUT2D eigenvalue weighted by Crippen LogP contribution is 2.27. The molecule has 1 aromatic heterocycles. The van der Waals surface area contributed by atoms with Gasteiger partial charge in [-0.1, -0.05) is 12.1 Å². The predicted octanol–water partition coefficient (Wildman–Crippen LogP) is 1.78. The molecule has 0 aliphatic carbocycles. The van der Waals surface area contributed by atoms with Crippen molar-refractivity contribution in [3.8, 4) is 5.88 Å². The number of nitrogens with two attached hydrogens (primary N) is 1. The summed E-state index contributed by atoms with van der Waals surface area (Å²) in [5, 5.41) is 17.9. The third kappa shape index (κ3) is 4.57. The summed E-state index contributed by atoms with van der Waals surface area (Å²) >= 11 is 0. The Morgan fingerprint density at radius 3 is 2.30 bits per heavy atom. The molecule has 0 fully saturated rings. The molecule has 2 rings (SSSR count). The lowest BCUT2D eigenvalue weighted by Crippen LogP contribution is -2.25. The molecule has 0 saturated heterocycles. The molecule has 0 aliphatic heterocycles. The van der Waals surface area contributed by atoms with E-state index in [4.69, 9.17) is 10.3 Å². The molecule has 0 aliphatic rings. The monoisotopic (exact) mass is 394 g/mol. The molecule has 0 radical (unpaired) electrons. The Morgan fingerprint density at radius 2 is 1.81 bits per heavy atom. The van der Waals surface area contributed by atoms with Crippen molar-refractivity contribution in [1.82, 2.24) is 4.57 Å². The Kier molecular flexibility index (Phi) is 5.76. The van der Waals surface area contributed by atoms with Gasteiger partial charge in [0, 0.05) is 12.1 Å². The van der Waals surface area contributed by atoms with Crippen molar-refractivity contribution in [2.45, 2.75) is 26.1 Å². The fourth-order valence-electron chi connectivity index (χ4n) is 2.49. The molecule has 0 saturated carbocycles. The van der Waals surface area contributed by atoms with Gasteiger partial charge in [-0.2, -0.15) is 13.5 Å².